The van der Waals surface area contributed by atoms with Crippen LogP contribution in [0.1, 0.15) is 32.3 Å². The van der Waals surface area contributed by atoms with Gasteiger partial charge in [-0.15, -0.1) is 0 Å². The van der Waals surface area contributed by atoms with E-state index in [9.17, 15) is 9.18 Å². The Morgan fingerprint density at radius 1 is 1.05 bits per heavy atom. The summed E-state index contributed by atoms with van der Waals surface area (Å²) < 4.78 is 27.1. The minimum absolute atomic E-state index is 0.0335. The lowest BCUT2D eigenvalue weighted by atomic mass is 10.0. The third-order valence-corrected chi connectivity index (χ3v) is 6.65. The van der Waals surface area contributed by atoms with Gasteiger partial charge in [-0.1, -0.05) is 44.2 Å². The van der Waals surface area contributed by atoms with Gasteiger partial charge in [0.2, 0.25) is 0 Å². The van der Waals surface area contributed by atoms with Crippen LogP contribution in [-0.4, -0.2) is 39.9 Å². The molecule has 1 aliphatic rings. The zero-order valence-electron chi connectivity index (χ0n) is 21.8. The number of carbonyl (C=O) groups excluding carboxylic acids is 1. The summed E-state index contributed by atoms with van der Waals surface area (Å²) in [5.41, 5.74) is 2.14. The molecule has 1 saturated heterocycles. The molecule has 3 aromatic carbocycles. The number of fused-ring (bicyclic) bond motifs is 1. The molecule has 0 aliphatic carbocycles. The first-order valence-electron chi connectivity index (χ1n) is 13.1. The molecule has 0 atom stereocenters. The maximum absolute atomic E-state index is 13.4. The molecule has 1 N–H and O–H groups in total. The molecule has 0 spiro atoms. The van der Waals surface area contributed by atoms with Crippen LogP contribution >= 0.6 is 0 Å². The highest BCUT2D eigenvalue weighted by Gasteiger charge is 2.23. The van der Waals surface area contributed by atoms with Gasteiger partial charge in [0, 0.05) is 43.7 Å². The van der Waals surface area contributed by atoms with Gasteiger partial charge < -0.3 is 14.8 Å². The zero-order valence-corrected chi connectivity index (χ0v) is 21.8. The molecular weight excluding hydrogens is 483 g/mol. The molecule has 1 aliphatic heterocycles. The summed E-state index contributed by atoms with van der Waals surface area (Å²) in [6.07, 6.45) is 2.94. The molecule has 38 heavy (non-hydrogen) atoms. The average Bonchev–Trinajstić information content (AvgIpc) is 3.28. The second-order valence-corrected chi connectivity index (χ2v) is 10.2. The number of benzene rings is 3. The number of carbonyl (C=O) groups is 1. The Bertz CT molecular complexity index is 1360. The van der Waals surface area contributed by atoms with Gasteiger partial charge in [-0.25, -0.2) is 9.18 Å². The lowest BCUT2D eigenvalue weighted by molar-refractivity contribution is 0.168. The minimum atomic E-state index is -0.523. The maximum atomic E-state index is 13.4. The first kappa shape index (κ1) is 25.7. The first-order valence-corrected chi connectivity index (χ1v) is 13.1. The highest BCUT2D eigenvalue weighted by Crippen LogP contribution is 2.36. The Hall–Kier alpha value is -3.91. The number of nitrogens with zero attached hydrogens (tertiary/aromatic N) is 3. The number of hydrogen-bond donors (Lipinski definition) is 1. The number of ether oxygens (including phenoxy) is 2. The number of aromatic nitrogens is 2. The van der Waals surface area contributed by atoms with Crippen LogP contribution in [0.3, 0.4) is 0 Å². The minimum Gasteiger partial charge on any atom is -0.453 e. The number of halogens is 1. The van der Waals surface area contributed by atoms with Gasteiger partial charge in [-0.3, -0.25) is 9.58 Å². The van der Waals surface area contributed by atoms with E-state index in [1.807, 2.05) is 10.7 Å². The van der Waals surface area contributed by atoms with Crippen molar-refractivity contribution in [3.8, 4) is 17.2 Å². The fraction of sp³-hybridized carbons (Fsp3) is 0.333. The average molecular weight is 517 g/mol. The topological polar surface area (TPSA) is 68.6 Å². The van der Waals surface area contributed by atoms with Crippen molar-refractivity contribution in [1.29, 1.82) is 0 Å². The van der Waals surface area contributed by atoms with Crippen molar-refractivity contribution in [3.05, 3.63) is 84.3 Å². The van der Waals surface area contributed by atoms with E-state index in [1.54, 1.807) is 18.3 Å². The predicted molar refractivity (Wildman–Crippen MR) is 145 cm³/mol. The molecule has 8 heteroatoms. The first-order chi connectivity index (χ1) is 18.4. The molecule has 1 fully saturated rings. The van der Waals surface area contributed by atoms with E-state index in [-0.39, 0.29) is 17.6 Å². The largest absolute Gasteiger partial charge is 0.453 e. The van der Waals surface area contributed by atoms with Crippen molar-refractivity contribution in [3.63, 3.8) is 0 Å². The Labute approximate surface area is 222 Å². The van der Waals surface area contributed by atoms with Crippen molar-refractivity contribution in [2.45, 2.75) is 45.8 Å². The number of nitrogens with one attached hydrogen (secondary N) is 1. The fourth-order valence-corrected chi connectivity index (χ4v) is 4.74. The zero-order chi connectivity index (χ0) is 26.5. The Kier molecular flexibility index (Phi) is 7.89. The van der Waals surface area contributed by atoms with Crippen molar-refractivity contribution < 1.29 is 18.7 Å². The molecule has 198 valence electrons. The number of amides is 1. The van der Waals surface area contributed by atoms with Gasteiger partial charge in [0.05, 0.1) is 11.7 Å². The van der Waals surface area contributed by atoms with Gasteiger partial charge >= 0.3 is 6.09 Å². The van der Waals surface area contributed by atoms with E-state index in [1.165, 1.54) is 29.8 Å². The van der Waals surface area contributed by atoms with Crippen LogP contribution in [0, 0.1) is 11.7 Å². The highest BCUT2D eigenvalue weighted by atomic mass is 19.1. The maximum Gasteiger partial charge on any atom is 0.412 e. The molecule has 4 aromatic rings. The molecule has 0 bridgehead atoms. The normalized spacial score (nSPS) is 14.6. The van der Waals surface area contributed by atoms with Crippen molar-refractivity contribution in [1.82, 2.24) is 20.0 Å². The molecule has 7 nitrogen and oxygen atoms in total. The second-order valence-electron chi connectivity index (χ2n) is 10.2. The molecule has 0 saturated carbocycles. The van der Waals surface area contributed by atoms with Crippen LogP contribution in [-0.2, 0) is 13.1 Å². The molecule has 5 rings (SSSR count). The molecule has 0 radical (unpaired) electrons. The van der Waals surface area contributed by atoms with E-state index in [2.05, 4.69) is 53.4 Å². The summed E-state index contributed by atoms with van der Waals surface area (Å²) in [6, 6.07) is 19.7. The standard InChI is InChI=1S/C30H33FN4O3/c1-21(2)19-35-27-17-29(28(16-23(27)18-32-35)37-26-10-8-24(31)9-11-26)38-30(36)33-25-12-14-34(15-13-25)20-22-6-4-3-5-7-22/h3-11,16-18,21,25H,12-15,19-20H2,1-2H3,(H,33,36). The number of piperidine rings is 1. The number of rotatable bonds is 8. The smallest absolute Gasteiger partial charge is 0.412 e. The lowest BCUT2D eigenvalue weighted by Gasteiger charge is -2.32. The van der Waals surface area contributed by atoms with Crippen molar-refractivity contribution in [2.24, 2.45) is 5.92 Å². The fourth-order valence-electron chi connectivity index (χ4n) is 4.74. The highest BCUT2D eigenvalue weighted by molar-refractivity contribution is 5.84. The third kappa shape index (κ3) is 6.50. The summed E-state index contributed by atoms with van der Waals surface area (Å²) in [4.78, 5) is 15.4. The van der Waals surface area contributed by atoms with Gasteiger partial charge in [0.15, 0.2) is 11.5 Å². The van der Waals surface area contributed by atoms with E-state index in [0.29, 0.717) is 17.4 Å². The van der Waals surface area contributed by atoms with Gasteiger partial charge in [-0.05, 0) is 54.7 Å². The van der Waals surface area contributed by atoms with Crippen LogP contribution in [0.2, 0.25) is 0 Å². The van der Waals surface area contributed by atoms with Crippen molar-refractivity contribution >= 4 is 17.0 Å². The summed E-state index contributed by atoms with van der Waals surface area (Å²) >= 11 is 0. The Balaban J connectivity index is 1.28. The second kappa shape index (κ2) is 11.6. The Morgan fingerprint density at radius 3 is 2.50 bits per heavy atom. The summed E-state index contributed by atoms with van der Waals surface area (Å²) in [5, 5.41) is 8.38. The van der Waals surface area contributed by atoms with Crippen LogP contribution in [0.15, 0.2) is 72.9 Å². The summed E-state index contributed by atoms with van der Waals surface area (Å²) in [7, 11) is 0. The summed E-state index contributed by atoms with van der Waals surface area (Å²) in [5.74, 6) is 1.13. The van der Waals surface area contributed by atoms with Crippen LogP contribution in [0.5, 0.6) is 17.2 Å². The monoisotopic (exact) mass is 516 g/mol. The summed E-state index contributed by atoms with van der Waals surface area (Å²) in [6.45, 7) is 7.68. The van der Waals surface area contributed by atoms with E-state index in [4.69, 9.17) is 9.47 Å². The Morgan fingerprint density at radius 2 is 1.79 bits per heavy atom. The van der Waals surface area contributed by atoms with Crippen molar-refractivity contribution in [2.75, 3.05) is 13.1 Å². The van der Waals surface area contributed by atoms with E-state index < -0.39 is 6.09 Å². The van der Waals surface area contributed by atoms with Gasteiger partial charge in [0.1, 0.15) is 11.6 Å². The molecule has 2 heterocycles. The molecule has 0 unspecified atom stereocenters. The SMILES string of the molecule is CC(C)Cn1ncc2cc(Oc3ccc(F)cc3)c(OC(=O)NC3CCN(Cc4ccccc4)CC3)cc21. The van der Waals surface area contributed by atoms with Crippen LogP contribution < -0.4 is 14.8 Å². The molecule has 1 amide bonds. The molecular formula is C30H33FN4O3. The number of hydrogen-bond acceptors (Lipinski definition) is 5. The quantitative estimate of drug-likeness (QED) is 0.294. The van der Waals surface area contributed by atoms with Crippen LogP contribution in [0.4, 0.5) is 9.18 Å². The van der Waals surface area contributed by atoms with Crippen LogP contribution in [0.25, 0.3) is 10.9 Å². The van der Waals surface area contributed by atoms with E-state index in [0.717, 1.165) is 49.9 Å². The van der Waals surface area contributed by atoms with Gasteiger partial charge in [0.25, 0.3) is 0 Å². The molecule has 1 aromatic heterocycles. The van der Waals surface area contributed by atoms with Gasteiger partial charge in [-0.2, -0.15) is 5.10 Å². The third-order valence-electron chi connectivity index (χ3n) is 6.65. The predicted octanol–water partition coefficient (Wildman–Crippen LogP) is 6.38. The van der Waals surface area contributed by atoms with E-state index >= 15 is 0 Å². The number of likely N-dealkylation sites (tertiary alicyclic amines) is 1. The lowest BCUT2D eigenvalue weighted by Crippen LogP contribution is -2.45.